The van der Waals surface area contributed by atoms with Crippen molar-refractivity contribution < 1.29 is 9.31 Å². The highest BCUT2D eigenvalue weighted by Gasteiger charge is 2.17. The minimum atomic E-state index is -0.586. The molecule has 1 rings (SSSR count). The van der Waals surface area contributed by atoms with E-state index in [1.807, 2.05) is 13.8 Å². The molecule has 4 nitrogen and oxygen atoms in total. The van der Waals surface area contributed by atoms with Crippen molar-refractivity contribution in [2.45, 2.75) is 20.3 Å². The van der Waals surface area contributed by atoms with E-state index >= 15 is 0 Å². The van der Waals surface area contributed by atoms with Crippen molar-refractivity contribution in [2.24, 2.45) is 5.92 Å². The molecule has 1 unspecified atom stereocenters. The number of halogens is 1. The van der Waals surface area contributed by atoms with Crippen LogP contribution in [0.3, 0.4) is 0 Å². The van der Waals surface area contributed by atoms with E-state index in [1.54, 1.807) is 0 Å². The van der Waals surface area contributed by atoms with Crippen LogP contribution in [0.4, 0.5) is 15.8 Å². The molecule has 1 aromatic carbocycles. The Hall–Kier alpha value is -1.65. The quantitative estimate of drug-likeness (QED) is 0.619. The molecule has 0 saturated heterocycles. The standard InChI is InChI=1S/C11H15FN2O2/c1-3-8(2)7-13-11-9(12)5-4-6-10(11)14(15)16/h4-6,8,13H,3,7H2,1-2H3. The van der Waals surface area contributed by atoms with Crippen molar-refractivity contribution in [3.05, 3.63) is 34.1 Å². The summed E-state index contributed by atoms with van der Waals surface area (Å²) in [5, 5.41) is 13.5. The highest BCUT2D eigenvalue weighted by atomic mass is 19.1. The van der Waals surface area contributed by atoms with Crippen LogP contribution < -0.4 is 5.32 Å². The molecule has 16 heavy (non-hydrogen) atoms. The maximum atomic E-state index is 13.4. The first kappa shape index (κ1) is 12.4. The molecular formula is C11H15FN2O2. The van der Waals surface area contributed by atoms with E-state index in [-0.39, 0.29) is 11.4 Å². The van der Waals surface area contributed by atoms with Crippen LogP contribution in [0.25, 0.3) is 0 Å². The lowest BCUT2D eigenvalue weighted by molar-refractivity contribution is -0.384. The third kappa shape index (κ3) is 2.92. The van der Waals surface area contributed by atoms with Gasteiger partial charge in [0.1, 0.15) is 5.69 Å². The van der Waals surface area contributed by atoms with Gasteiger partial charge >= 0.3 is 0 Å². The summed E-state index contributed by atoms with van der Waals surface area (Å²) in [5.41, 5.74) is -0.240. The van der Waals surface area contributed by atoms with Gasteiger partial charge in [-0.3, -0.25) is 10.1 Å². The Morgan fingerprint density at radius 3 is 2.81 bits per heavy atom. The zero-order valence-corrected chi connectivity index (χ0v) is 9.37. The van der Waals surface area contributed by atoms with Gasteiger partial charge in [0.05, 0.1) is 4.92 Å². The molecule has 1 N–H and O–H groups in total. The monoisotopic (exact) mass is 226 g/mol. The van der Waals surface area contributed by atoms with Gasteiger partial charge in [0.15, 0.2) is 5.82 Å². The van der Waals surface area contributed by atoms with Crippen LogP contribution in [-0.2, 0) is 0 Å². The maximum absolute atomic E-state index is 13.4. The molecule has 0 bridgehead atoms. The van der Waals surface area contributed by atoms with Crippen molar-refractivity contribution in [3.8, 4) is 0 Å². The molecule has 0 fully saturated rings. The van der Waals surface area contributed by atoms with E-state index in [0.717, 1.165) is 6.42 Å². The number of anilines is 1. The van der Waals surface area contributed by atoms with Gasteiger partial charge in [-0.05, 0) is 12.0 Å². The van der Waals surface area contributed by atoms with Crippen molar-refractivity contribution in [1.29, 1.82) is 0 Å². The van der Waals surface area contributed by atoms with Crippen molar-refractivity contribution in [2.75, 3.05) is 11.9 Å². The number of hydrogen-bond acceptors (Lipinski definition) is 3. The highest BCUT2D eigenvalue weighted by molar-refractivity contribution is 5.62. The molecular weight excluding hydrogens is 211 g/mol. The Morgan fingerprint density at radius 2 is 2.25 bits per heavy atom. The fourth-order valence-electron chi connectivity index (χ4n) is 1.26. The molecule has 0 aromatic heterocycles. The van der Waals surface area contributed by atoms with E-state index in [4.69, 9.17) is 0 Å². The number of hydrogen-bond donors (Lipinski definition) is 1. The second-order valence-corrected chi connectivity index (χ2v) is 3.79. The summed E-state index contributed by atoms with van der Waals surface area (Å²) in [7, 11) is 0. The first-order valence-electron chi connectivity index (χ1n) is 5.23. The molecule has 0 radical (unpaired) electrons. The van der Waals surface area contributed by atoms with Gasteiger partial charge < -0.3 is 5.32 Å². The molecule has 88 valence electrons. The smallest absolute Gasteiger partial charge is 0.295 e. The van der Waals surface area contributed by atoms with Crippen molar-refractivity contribution >= 4 is 11.4 Å². The lowest BCUT2D eigenvalue weighted by atomic mass is 10.1. The summed E-state index contributed by atoms with van der Waals surface area (Å²) in [6, 6.07) is 3.84. The summed E-state index contributed by atoms with van der Waals surface area (Å²) < 4.78 is 13.4. The fourth-order valence-corrected chi connectivity index (χ4v) is 1.26. The summed E-state index contributed by atoms with van der Waals surface area (Å²) in [5.74, 6) is -0.239. The number of nitro benzene ring substituents is 1. The van der Waals surface area contributed by atoms with Crippen LogP contribution in [0.5, 0.6) is 0 Å². The number of para-hydroxylation sites is 1. The second kappa shape index (κ2) is 5.44. The van der Waals surface area contributed by atoms with Crippen LogP contribution in [0, 0.1) is 21.8 Å². The summed E-state index contributed by atoms with van der Waals surface area (Å²) in [4.78, 5) is 10.1. The minimum absolute atomic E-state index is 0.0206. The third-order valence-corrected chi connectivity index (χ3v) is 2.51. The average Bonchev–Trinajstić information content (AvgIpc) is 2.26. The molecule has 1 aromatic rings. The number of nitrogens with one attached hydrogen (secondary N) is 1. The molecule has 0 aliphatic carbocycles. The zero-order valence-electron chi connectivity index (χ0n) is 9.37. The van der Waals surface area contributed by atoms with Crippen LogP contribution in [0.15, 0.2) is 18.2 Å². The van der Waals surface area contributed by atoms with E-state index in [2.05, 4.69) is 5.32 Å². The van der Waals surface area contributed by atoms with E-state index in [9.17, 15) is 14.5 Å². The predicted molar refractivity (Wildman–Crippen MR) is 61.0 cm³/mol. The normalized spacial score (nSPS) is 12.2. The van der Waals surface area contributed by atoms with Gasteiger partial charge in [-0.2, -0.15) is 0 Å². The number of benzene rings is 1. The molecule has 0 aliphatic heterocycles. The lowest BCUT2D eigenvalue weighted by Gasteiger charge is -2.11. The first-order valence-corrected chi connectivity index (χ1v) is 5.23. The molecule has 0 amide bonds. The Kier molecular flexibility index (Phi) is 4.22. The summed E-state index contributed by atoms with van der Waals surface area (Å²) >= 11 is 0. The van der Waals surface area contributed by atoms with Gasteiger partial charge in [-0.25, -0.2) is 4.39 Å². The van der Waals surface area contributed by atoms with E-state index in [0.29, 0.717) is 12.5 Å². The number of rotatable bonds is 5. The molecule has 0 spiro atoms. The van der Waals surface area contributed by atoms with Gasteiger partial charge in [0.2, 0.25) is 0 Å². The fraction of sp³-hybridized carbons (Fsp3) is 0.455. The SMILES string of the molecule is CCC(C)CNc1c(F)cccc1[N+](=O)[O-]. The Labute approximate surface area is 93.6 Å². The molecule has 0 aliphatic rings. The van der Waals surface area contributed by atoms with Crippen molar-refractivity contribution in [3.63, 3.8) is 0 Å². The Bertz CT molecular complexity index is 382. The van der Waals surface area contributed by atoms with Gasteiger partial charge in [0, 0.05) is 12.6 Å². The Morgan fingerprint density at radius 1 is 1.56 bits per heavy atom. The average molecular weight is 226 g/mol. The van der Waals surface area contributed by atoms with Gasteiger partial charge in [-0.1, -0.05) is 26.3 Å². The molecule has 1 atom stereocenters. The van der Waals surface area contributed by atoms with Gasteiger partial charge in [-0.15, -0.1) is 0 Å². The second-order valence-electron chi connectivity index (χ2n) is 3.79. The third-order valence-electron chi connectivity index (χ3n) is 2.51. The number of nitrogens with zero attached hydrogens (tertiary/aromatic N) is 1. The van der Waals surface area contributed by atoms with E-state index < -0.39 is 10.7 Å². The largest absolute Gasteiger partial charge is 0.377 e. The van der Waals surface area contributed by atoms with Gasteiger partial charge in [0.25, 0.3) is 5.69 Å². The highest BCUT2D eigenvalue weighted by Crippen LogP contribution is 2.27. The van der Waals surface area contributed by atoms with Crippen LogP contribution in [-0.4, -0.2) is 11.5 Å². The zero-order chi connectivity index (χ0) is 12.1. The number of nitro groups is 1. The topological polar surface area (TPSA) is 55.2 Å². The van der Waals surface area contributed by atoms with Crippen LogP contribution in [0.1, 0.15) is 20.3 Å². The predicted octanol–water partition coefficient (Wildman–Crippen LogP) is 3.19. The minimum Gasteiger partial charge on any atom is -0.377 e. The summed E-state index contributed by atoms with van der Waals surface area (Å²) in [6.45, 7) is 4.54. The summed E-state index contributed by atoms with van der Waals surface area (Å²) in [6.07, 6.45) is 0.940. The van der Waals surface area contributed by atoms with Crippen LogP contribution in [0.2, 0.25) is 0 Å². The van der Waals surface area contributed by atoms with E-state index in [1.165, 1.54) is 18.2 Å². The first-order chi connectivity index (χ1) is 7.56. The van der Waals surface area contributed by atoms with Crippen LogP contribution >= 0.6 is 0 Å². The Balaban J connectivity index is 2.88. The van der Waals surface area contributed by atoms with Crippen molar-refractivity contribution in [1.82, 2.24) is 0 Å². The molecule has 0 saturated carbocycles. The lowest BCUT2D eigenvalue weighted by Crippen LogP contribution is -2.12. The maximum Gasteiger partial charge on any atom is 0.295 e. The molecule has 5 heteroatoms. The molecule has 0 heterocycles.